The van der Waals surface area contributed by atoms with Crippen LogP contribution < -0.4 is 10.6 Å². The Hall–Kier alpha value is -1.91. The molecule has 2 heterocycles. The van der Waals surface area contributed by atoms with Gasteiger partial charge < -0.3 is 20.3 Å². The number of morpholine rings is 1. The summed E-state index contributed by atoms with van der Waals surface area (Å²) in [6, 6.07) is 11.5. The zero-order chi connectivity index (χ0) is 22.2. The number of benzene rings is 1. The predicted molar refractivity (Wildman–Crippen MR) is 139 cm³/mol. The predicted octanol–water partition coefficient (Wildman–Crippen LogP) is 3.51. The fourth-order valence-electron chi connectivity index (χ4n) is 3.58. The van der Waals surface area contributed by atoms with Gasteiger partial charge in [-0.1, -0.05) is 29.8 Å². The van der Waals surface area contributed by atoms with Gasteiger partial charge in [-0.3, -0.25) is 9.79 Å². The van der Waals surface area contributed by atoms with E-state index in [9.17, 15) is 4.79 Å². The highest BCUT2D eigenvalue weighted by Crippen LogP contribution is 2.15. The summed E-state index contributed by atoms with van der Waals surface area (Å²) in [4.78, 5) is 23.0. The first-order valence-electron chi connectivity index (χ1n) is 10.5. The first kappa shape index (κ1) is 26.3. The standard InChI is InChI=1S/C23H30ClN5O2.HI/c1-16-14-29(15-17(2)31-16)22(30)20-7-4-18(5-8-20)13-28-23(25-3)26-11-10-19-6-9-21(24)27-12-19;/h4-9,12,16-17H,10-11,13-15H2,1-3H3,(H2,25,26,28);1H. The van der Waals surface area contributed by atoms with E-state index in [0.29, 0.717) is 30.4 Å². The maximum absolute atomic E-state index is 12.8. The summed E-state index contributed by atoms with van der Waals surface area (Å²) in [5, 5.41) is 7.08. The van der Waals surface area contributed by atoms with Crippen LogP contribution in [0.25, 0.3) is 0 Å². The fourth-order valence-corrected chi connectivity index (χ4v) is 3.69. The van der Waals surface area contributed by atoms with Gasteiger partial charge in [0.05, 0.1) is 12.2 Å². The number of pyridine rings is 1. The number of nitrogens with one attached hydrogen (secondary N) is 2. The second-order valence-corrected chi connectivity index (χ2v) is 8.14. The minimum atomic E-state index is 0. The van der Waals surface area contributed by atoms with Crippen LogP contribution in [0.1, 0.15) is 35.3 Å². The largest absolute Gasteiger partial charge is 0.372 e. The highest BCUT2D eigenvalue weighted by molar-refractivity contribution is 14.0. The number of nitrogens with zero attached hydrogens (tertiary/aromatic N) is 3. The maximum Gasteiger partial charge on any atom is 0.254 e. The summed E-state index contributed by atoms with van der Waals surface area (Å²) in [5.41, 5.74) is 2.88. The molecule has 2 N–H and O–H groups in total. The van der Waals surface area contributed by atoms with Gasteiger partial charge in [0.15, 0.2) is 5.96 Å². The van der Waals surface area contributed by atoms with Gasteiger partial charge in [0.2, 0.25) is 0 Å². The third-order valence-electron chi connectivity index (χ3n) is 5.09. The van der Waals surface area contributed by atoms with E-state index in [-0.39, 0.29) is 42.1 Å². The molecule has 9 heteroatoms. The number of hydrogen-bond acceptors (Lipinski definition) is 4. The minimum Gasteiger partial charge on any atom is -0.372 e. The average Bonchev–Trinajstić information content (AvgIpc) is 2.76. The lowest BCUT2D eigenvalue weighted by atomic mass is 10.1. The summed E-state index contributed by atoms with van der Waals surface area (Å²) in [5.74, 6) is 0.772. The number of carbonyl (C=O) groups excluding carboxylic acids is 1. The van der Waals surface area contributed by atoms with Crippen molar-refractivity contribution in [2.24, 2.45) is 4.99 Å². The molecule has 1 fully saturated rings. The van der Waals surface area contributed by atoms with Crippen LogP contribution >= 0.6 is 35.6 Å². The number of aromatic nitrogens is 1. The molecule has 0 spiro atoms. The molecule has 1 aliphatic heterocycles. The van der Waals surface area contributed by atoms with Crippen molar-refractivity contribution in [2.45, 2.75) is 39.0 Å². The van der Waals surface area contributed by atoms with E-state index in [1.165, 1.54) is 0 Å². The van der Waals surface area contributed by atoms with E-state index in [0.717, 1.165) is 30.1 Å². The second-order valence-electron chi connectivity index (χ2n) is 7.76. The Labute approximate surface area is 212 Å². The molecule has 0 radical (unpaired) electrons. The Balaban J connectivity index is 0.00000363. The number of halogens is 2. The molecule has 7 nitrogen and oxygen atoms in total. The van der Waals surface area contributed by atoms with E-state index in [1.54, 1.807) is 19.3 Å². The molecule has 0 bridgehead atoms. The normalized spacial score (nSPS) is 18.6. The summed E-state index contributed by atoms with van der Waals surface area (Å²) in [7, 11) is 1.74. The number of guanidine groups is 1. The Kier molecular flexibility index (Phi) is 10.7. The number of carbonyl (C=O) groups is 1. The molecule has 0 aliphatic carbocycles. The van der Waals surface area contributed by atoms with Crippen molar-refractivity contribution in [1.82, 2.24) is 20.5 Å². The van der Waals surface area contributed by atoms with Crippen LogP contribution in [0.2, 0.25) is 5.15 Å². The Bertz CT molecular complexity index is 882. The van der Waals surface area contributed by atoms with Crippen LogP contribution in [0.5, 0.6) is 0 Å². The van der Waals surface area contributed by atoms with Gasteiger partial charge in [-0.25, -0.2) is 4.98 Å². The third kappa shape index (κ3) is 7.90. The van der Waals surface area contributed by atoms with Gasteiger partial charge in [-0.05, 0) is 49.6 Å². The highest BCUT2D eigenvalue weighted by Gasteiger charge is 2.26. The lowest BCUT2D eigenvalue weighted by molar-refractivity contribution is -0.0586. The van der Waals surface area contributed by atoms with Crippen molar-refractivity contribution in [3.8, 4) is 0 Å². The maximum atomic E-state index is 12.8. The van der Waals surface area contributed by atoms with Crippen LogP contribution in [-0.4, -0.2) is 60.6 Å². The molecule has 1 aromatic heterocycles. The molecule has 2 aromatic rings. The highest BCUT2D eigenvalue weighted by atomic mass is 127. The Morgan fingerprint density at radius 1 is 1.12 bits per heavy atom. The van der Waals surface area contributed by atoms with Crippen LogP contribution in [0, 0.1) is 0 Å². The van der Waals surface area contributed by atoms with E-state index in [1.807, 2.05) is 49.1 Å². The van der Waals surface area contributed by atoms with E-state index in [4.69, 9.17) is 16.3 Å². The fraction of sp³-hybridized carbons (Fsp3) is 0.435. The van der Waals surface area contributed by atoms with Crippen molar-refractivity contribution in [3.63, 3.8) is 0 Å². The van der Waals surface area contributed by atoms with Crippen molar-refractivity contribution < 1.29 is 9.53 Å². The second kappa shape index (κ2) is 13.0. The third-order valence-corrected chi connectivity index (χ3v) is 5.31. The first-order valence-corrected chi connectivity index (χ1v) is 10.9. The van der Waals surface area contributed by atoms with E-state index >= 15 is 0 Å². The SMILES string of the molecule is CN=C(NCCc1ccc(Cl)nc1)NCc1ccc(C(=O)N2CC(C)OC(C)C2)cc1.I. The van der Waals surface area contributed by atoms with Crippen LogP contribution in [0.3, 0.4) is 0 Å². The summed E-state index contributed by atoms with van der Waals surface area (Å²) in [6.07, 6.45) is 2.72. The number of aliphatic imine (C=N–C) groups is 1. The molecule has 1 saturated heterocycles. The number of rotatable bonds is 6. The lowest BCUT2D eigenvalue weighted by Gasteiger charge is -2.35. The van der Waals surface area contributed by atoms with E-state index < -0.39 is 0 Å². The zero-order valence-electron chi connectivity index (χ0n) is 18.7. The van der Waals surface area contributed by atoms with Gasteiger partial charge in [-0.2, -0.15) is 0 Å². The monoisotopic (exact) mass is 571 g/mol. The molecule has 0 saturated carbocycles. The Morgan fingerprint density at radius 2 is 1.78 bits per heavy atom. The number of amides is 1. The van der Waals surface area contributed by atoms with E-state index in [2.05, 4.69) is 20.6 Å². The van der Waals surface area contributed by atoms with Crippen LogP contribution in [-0.2, 0) is 17.7 Å². The van der Waals surface area contributed by atoms with Crippen molar-refractivity contribution >= 4 is 47.4 Å². The summed E-state index contributed by atoms with van der Waals surface area (Å²) in [6.45, 7) is 6.59. The molecule has 3 rings (SSSR count). The molecule has 1 aliphatic rings. The molecular weight excluding hydrogens is 541 g/mol. The summed E-state index contributed by atoms with van der Waals surface area (Å²) >= 11 is 5.81. The van der Waals surface area contributed by atoms with Crippen LogP contribution in [0.15, 0.2) is 47.6 Å². The van der Waals surface area contributed by atoms with Gasteiger partial charge in [0.1, 0.15) is 5.15 Å². The first-order chi connectivity index (χ1) is 14.9. The van der Waals surface area contributed by atoms with Gasteiger partial charge in [0, 0.05) is 45.0 Å². The van der Waals surface area contributed by atoms with Gasteiger partial charge in [0.25, 0.3) is 5.91 Å². The number of hydrogen-bond donors (Lipinski definition) is 2. The number of ether oxygens (including phenoxy) is 1. The molecule has 32 heavy (non-hydrogen) atoms. The van der Waals surface area contributed by atoms with Crippen molar-refractivity contribution in [2.75, 3.05) is 26.7 Å². The molecular formula is C23H31ClIN5O2. The van der Waals surface area contributed by atoms with Gasteiger partial charge >= 0.3 is 0 Å². The topological polar surface area (TPSA) is 78.8 Å². The quantitative estimate of drug-likeness (QED) is 0.240. The molecule has 1 amide bonds. The summed E-state index contributed by atoms with van der Waals surface area (Å²) < 4.78 is 5.72. The van der Waals surface area contributed by atoms with Gasteiger partial charge in [-0.15, -0.1) is 24.0 Å². The molecule has 2 atom stereocenters. The minimum absolute atomic E-state index is 0. The smallest absolute Gasteiger partial charge is 0.254 e. The van der Waals surface area contributed by atoms with Crippen LogP contribution in [0.4, 0.5) is 0 Å². The average molecular weight is 572 g/mol. The van der Waals surface area contributed by atoms with Crippen molar-refractivity contribution in [1.29, 1.82) is 0 Å². The van der Waals surface area contributed by atoms with Crippen molar-refractivity contribution in [3.05, 3.63) is 64.4 Å². The lowest BCUT2D eigenvalue weighted by Crippen LogP contribution is -2.48. The Morgan fingerprint density at radius 3 is 2.38 bits per heavy atom. The molecule has 2 unspecified atom stereocenters. The zero-order valence-corrected chi connectivity index (χ0v) is 21.8. The molecule has 1 aromatic carbocycles. The molecule has 174 valence electrons.